The monoisotopic (exact) mass is 508 g/mol. The van der Waals surface area contributed by atoms with Gasteiger partial charge in [0.25, 0.3) is 5.91 Å². The number of nitriles is 1. The number of fused-ring (bicyclic) bond motifs is 1. The maximum absolute atomic E-state index is 14.0. The first kappa shape index (κ1) is 25.2. The molecule has 4 rings (SSSR count). The Bertz CT molecular complexity index is 1450. The molecule has 0 aliphatic rings. The molecule has 0 aliphatic carbocycles. The van der Waals surface area contributed by atoms with Crippen LogP contribution >= 0.6 is 11.3 Å². The van der Waals surface area contributed by atoms with Crippen LogP contribution in [0.1, 0.15) is 43.1 Å². The molecular formula is C24H25FN8O2S. The quantitative estimate of drug-likeness (QED) is 0.329. The molecule has 0 saturated carbocycles. The first-order chi connectivity index (χ1) is 17.1. The molecule has 4 aromatic rings. The summed E-state index contributed by atoms with van der Waals surface area (Å²) in [5.41, 5.74) is 2.48. The number of nitrogens with zero attached hydrogens (tertiary/aromatic N) is 6. The number of alkyl halides is 1. The number of carbonyl (C=O) groups is 1. The highest BCUT2D eigenvalue weighted by atomic mass is 32.1. The Balaban J connectivity index is 1.63. The fourth-order valence-corrected chi connectivity index (χ4v) is 4.17. The van der Waals surface area contributed by atoms with Gasteiger partial charge in [-0.1, -0.05) is 11.3 Å². The van der Waals surface area contributed by atoms with Crippen LogP contribution in [-0.2, 0) is 0 Å². The number of halogens is 1. The second-order valence-corrected chi connectivity index (χ2v) is 10.0. The lowest BCUT2D eigenvalue weighted by atomic mass is 10.0. The van der Waals surface area contributed by atoms with Gasteiger partial charge in [-0.2, -0.15) is 10.4 Å². The maximum Gasteiger partial charge on any atom is 0.282 e. The van der Waals surface area contributed by atoms with Crippen molar-refractivity contribution in [2.45, 2.75) is 45.5 Å². The molecule has 0 aliphatic heterocycles. The fourth-order valence-electron chi connectivity index (χ4n) is 3.38. The minimum absolute atomic E-state index is 0.0719. The first-order valence-electron chi connectivity index (χ1n) is 11.2. The highest BCUT2D eigenvalue weighted by molar-refractivity contribution is 7.16. The topological polar surface area (TPSA) is 141 Å². The summed E-state index contributed by atoms with van der Waals surface area (Å²) in [7, 11) is 0. The molecule has 0 bridgehead atoms. The van der Waals surface area contributed by atoms with Crippen LogP contribution in [0.2, 0.25) is 0 Å². The highest BCUT2D eigenvalue weighted by Crippen LogP contribution is 2.33. The summed E-state index contributed by atoms with van der Waals surface area (Å²) in [6, 6.07) is 9.54. The van der Waals surface area contributed by atoms with Crippen molar-refractivity contribution in [3.8, 4) is 28.0 Å². The van der Waals surface area contributed by atoms with Crippen LogP contribution in [0.3, 0.4) is 0 Å². The van der Waals surface area contributed by atoms with E-state index in [1.807, 2.05) is 32.0 Å². The molecular weight excluding hydrogens is 483 g/mol. The standard InChI is InChI=1S/C24H25FN8O2S/c1-13(2)30-17-8-18(19-6-5-15-7-14(9-26)10-29-33(15)19)27-11-16(17)22-31-32-23(36-22)21(34)28-12-20(25)24(3,4)35/h5-8,10-11,13,20,35H,12H2,1-4H3,(H,27,30)(H,28,34)/t20-/m1/s1. The van der Waals surface area contributed by atoms with Crippen molar-refractivity contribution < 1.29 is 14.3 Å². The number of nitrogens with one attached hydrogen (secondary N) is 2. The van der Waals surface area contributed by atoms with Gasteiger partial charge in [0.2, 0.25) is 5.01 Å². The third-order valence-electron chi connectivity index (χ3n) is 5.30. The molecule has 36 heavy (non-hydrogen) atoms. The summed E-state index contributed by atoms with van der Waals surface area (Å²) < 4.78 is 15.7. The minimum atomic E-state index is -1.63. The number of hydrogen-bond acceptors (Lipinski definition) is 9. The molecule has 4 heterocycles. The lowest BCUT2D eigenvalue weighted by Crippen LogP contribution is -2.42. The molecule has 12 heteroatoms. The third kappa shape index (κ3) is 5.32. The van der Waals surface area contributed by atoms with Gasteiger partial charge in [-0.3, -0.25) is 9.78 Å². The molecule has 1 amide bonds. The van der Waals surface area contributed by atoms with E-state index in [-0.39, 0.29) is 17.6 Å². The number of amides is 1. The van der Waals surface area contributed by atoms with Crippen LogP contribution in [-0.4, -0.2) is 60.2 Å². The van der Waals surface area contributed by atoms with Gasteiger partial charge in [0.05, 0.1) is 46.4 Å². The Kier molecular flexibility index (Phi) is 6.96. The van der Waals surface area contributed by atoms with Gasteiger partial charge in [0.15, 0.2) is 5.01 Å². The summed E-state index contributed by atoms with van der Waals surface area (Å²) in [5.74, 6) is -0.573. The lowest BCUT2D eigenvalue weighted by molar-refractivity contribution is -0.00178. The van der Waals surface area contributed by atoms with Crippen LogP contribution < -0.4 is 10.6 Å². The van der Waals surface area contributed by atoms with Crippen molar-refractivity contribution >= 4 is 28.4 Å². The van der Waals surface area contributed by atoms with Crippen molar-refractivity contribution in [3.05, 3.63) is 47.2 Å². The van der Waals surface area contributed by atoms with Gasteiger partial charge >= 0.3 is 0 Å². The van der Waals surface area contributed by atoms with Crippen LogP contribution in [0.25, 0.3) is 27.5 Å². The molecule has 0 radical (unpaired) electrons. The average Bonchev–Trinajstić information content (AvgIpc) is 3.48. The fraction of sp³-hybridized carbons (Fsp3) is 0.333. The van der Waals surface area contributed by atoms with Gasteiger partial charge in [-0.15, -0.1) is 10.2 Å². The molecule has 3 N–H and O–H groups in total. The molecule has 0 fully saturated rings. The van der Waals surface area contributed by atoms with E-state index < -0.39 is 17.7 Å². The lowest BCUT2D eigenvalue weighted by Gasteiger charge is -2.22. The summed E-state index contributed by atoms with van der Waals surface area (Å²) in [6.45, 7) is 6.32. The molecule has 0 spiro atoms. The van der Waals surface area contributed by atoms with Crippen molar-refractivity contribution in [1.29, 1.82) is 5.26 Å². The van der Waals surface area contributed by atoms with Crippen LogP contribution in [0, 0.1) is 11.3 Å². The normalized spacial score (nSPS) is 12.5. The van der Waals surface area contributed by atoms with Crippen molar-refractivity contribution in [3.63, 3.8) is 0 Å². The zero-order valence-corrected chi connectivity index (χ0v) is 21.0. The first-order valence-corrected chi connectivity index (χ1v) is 12.0. The van der Waals surface area contributed by atoms with E-state index in [2.05, 4.69) is 37.0 Å². The molecule has 0 saturated heterocycles. The predicted octanol–water partition coefficient (Wildman–Crippen LogP) is 3.45. The second kappa shape index (κ2) is 9.96. The number of pyridine rings is 1. The molecule has 0 unspecified atom stereocenters. The van der Waals surface area contributed by atoms with E-state index in [0.717, 1.165) is 28.2 Å². The van der Waals surface area contributed by atoms with Crippen molar-refractivity contribution in [1.82, 2.24) is 30.1 Å². The van der Waals surface area contributed by atoms with Gasteiger partial charge in [-0.05, 0) is 52.0 Å². The Morgan fingerprint density at radius 3 is 2.75 bits per heavy atom. The summed E-state index contributed by atoms with van der Waals surface area (Å²) in [4.78, 5) is 17.0. The number of aliphatic hydroxyl groups is 1. The SMILES string of the molecule is CC(C)Nc1cc(-c2ccc3cc(C#N)cnn23)ncc1-c1nnc(C(=O)NC[C@@H](F)C(C)(C)O)s1. The largest absolute Gasteiger partial charge is 0.387 e. The average molecular weight is 509 g/mol. The summed E-state index contributed by atoms with van der Waals surface area (Å²) >= 11 is 1.06. The molecule has 10 nitrogen and oxygen atoms in total. The number of hydrogen-bond donors (Lipinski definition) is 3. The molecule has 4 aromatic heterocycles. The zero-order valence-electron chi connectivity index (χ0n) is 20.2. The minimum Gasteiger partial charge on any atom is -0.387 e. The highest BCUT2D eigenvalue weighted by Gasteiger charge is 2.27. The number of anilines is 1. The zero-order chi connectivity index (χ0) is 26.0. The predicted molar refractivity (Wildman–Crippen MR) is 134 cm³/mol. The van der Waals surface area contributed by atoms with Crippen LogP contribution in [0.4, 0.5) is 10.1 Å². The number of rotatable bonds is 8. The molecule has 186 valence electrons. The summed E-state index contributed by atoms with van der Waals surface area (Å²) in [5, 5.41) is 37.7. The van der Waals surface area contributed by atoms with E-state index in [9.17, 15) is 14.3 Å². The second-order valence-electron chi connectivity index (χ2n) is 9.07. The van der Waals surface area contributed by atoms with Crippen molar-refractivity contribution in [2.75, 3.05) is 11.9 Å². The van der Waals surface area contributed by atoms with Crippen LogP contribution in [0.15, 0.2) is 36.7 Å². The van der Waals surface area contributed by atoms with Gasteiger partial charge in [0, 0.05) is 17.9 Å². The third-order valence-corrected chi connectivity index (χ3v) is 6.25. The van der Waals surface area contributed by atoms with Gasteiger partial charge < -0.3 is 15.7 Å². The Labute approximate surface area is 210 Å². The Hall–Kier alpha value is -3.95. The van der Waals surface area contributed by atoms with E-state index in [1.165, 1.54) is 20.0 Å². The smallest absolute Gasteiger partial charge is 0.282 e. The summed E-state index contributed by atoms with van der Waals surface area (Å²) in [6.07, 6.45) is 1.52. The Morgan fingerprint density at radius 1 is 1.28 bits per heavy atom. The van der Waals surface area contributed by atoms with E-state index >= 15 is 0 Å². The molecule has 1 atom stereocenters. The molecule has 0 aromatic carbocycles. The van der Waals surface area contributed by atoms with Crippen LogP contribution in [0.5, 0.6) is 0 Å². The maximum atomic E-state index is 14.0. The van der Waals surface area contributed by atoms with Gasteiger partial charge in [-0.25, -0.2) is 8.91 Å². The van der Waals surface area contributed by atoms with E-state index in [0.29, 0.717) is 21.8 Å². The Morgan fingerprint density at radius 2 is 2.06 bits per heavy atom. The number of aromatic nitrogens is 5. The van der Waals surface area contributed by atoms with E-state index in [4.69, 9.17) is 5.26 Å². The number of carbonyl (C=O) groups excluding carboxylic acids is 1. The van der Waals surface area contributed by atoms with Gasteiger partial charge in [0.1, 0.15) is 12.2 Å². The van der Waals surface area contributed by atoms with E-state index in [1.54, 1.807) is 16.8 Å². The van der Waals surface area contributed by atoms with Crippen molar-refractivity contribution in [2.24, 2.45) is 0 Å².